The Morgan fingerprint density at radius 2 is 2.23 bits per heavy atom. The van der Waals surface area contributed by atoms with E-state index in [-0.39, 0.29) is 18.4 Å². The normalized spacial score (nSPS) is 27.5. The number of nitrogens with one attached hydrogen (secondary N) is 1. The molecule has 1 fully saturated rings. The molecule has 1 aliphatic rings. The van der Waals surface area contributed by atoms with Gasteiger partial charge >= 0.3 is 0 Å². The summed E-state index contributed by atoms with van der Waals surface area (Å²) >= 11 is 0. The Morgan fingerprint density at radius 3 is 2.69 bits per heavy atom. The largest absolute Gasteiger partial charge is 0.396 e. The molecule has 0 amide bonds. The van der Waals surface area contributed by atoms with Crippen molar-refractivity contribution >= 4 is 10.0 Å². The van der Waals surface area contributed by atoms with Crippen molar-refractivity contribution in [3.05, 3.63) is 0 Å². The zero-order chi connectivity index (χ0) is 9.90. The maximum absolute atomic E-state index is 11.3. The van der Waals surface area contributed by atoms with E-state index >= 15 is 0 Å². The van der Waals surface area contributed by atoms with E-state index in [2.05, 4.69) is 11.6 Å². The minimum absolute atomic E-state index is 0.0381. The lowest BCUT2D eigenvalue weighted by Gasteiger charge is -2.04. The van der Waals surface area contributed by atoms with Crippen molar-refractivity contribution in [3.63, 3.8) is 0 Å². The summed E-state index contributed by atoms with van der Waals surface area (Å²) in [6, 6.07) is 0.161. The average Bonchev–Trinajstić information content (AvgIpc) is 2.79. The molecule has 0 heterocycles. The van der Waals surface area contributed by atoms with Gasteiger partial charge in [0.15, 0.2) is 0 Å². The molecule has 13 heavy (non-hydrogen) atoms. The second-order valence-electron chi connectivity index (χ2n) is 3.52. The molecule has 1 rings (SSSR count). The SMILES string of the molecule is CCC1CC1NS(=O)(=O)CCCO. The molecule has 0 aliphatic heterocycles. The monoisotopic (exact) mass is 207 g/mol. The Balaban J connectivity index is 2.27. The first-order chi connectivity index (χ1) is 6.09. The lowest BCUT2D eigenvalue weighted by Crippen LogP contribution is -2.29. The molecule has 0 aromatic heterocycles. The highest BCUT2D eigenvalue weighted by Gasteiger charge is 2.37. The van der Waals surface area contributed by atoms with Gasteiger partial charge in [-0.2, -0.15) is 0 Å². The van der Waals surface area contributed by atoms with Crippen LogP contribution in [0.2, 0.25) is 0 Å². The zero-order valence-electron chi connectivity index (χ0n) is 7.86. The van der Waals surface area contributed by atoms with Crippen molar-refractivity contribution in [2.75, 3.05) is 12.4 Å². The number of hydrogen-bond donors (Lipinski definition) is 2. The molecular weight excluding hydrogens is 190 g/mol. The minimum atomic E-state index is -3.13. The van der Waals surface area contributed by atoms with Gasteiger partial charge in [0.1, 0.15) is 0 Å². The van der Waals surface area contributed by atoms with Gasteiger partial charge in [-0.05, 0) is 18.8 Å². The highest BCUT2D eigenvalue weighted by molar-refractivity contribution is 7.89. The van der Waals surface area contributed by atoms with E-state index in [9.17, 15) is 8.42 Å². The number of sulfonamides is 1. The van der Waals surface area contributed by atoms with Gasteiger partial charge < -0.3 is 5.11 Å². The van der Waals surface area contributed by atoms with Crippen LogP contribution in [-0.4, -0.2) is 31.9 Å². The van der Waals surface area contributed by atoms with Crippen molar-refractivity contribution in [1.29, 1.82) is 0 Å². The fourth-order valence-corrected chi connectivity index (χ4v) is 2.76. The smallest absolute Gasteiger partial charge is 0.211 e. The molecule has 5 heteroatoms. The number of aliphatic hydroxyl groups is 1. The third kappa shape index (κ3) is 3.62. The molecule has 2 unspecified atom stereocenters. The molecule has 0 radical (unpaired) electrons. The molecule has 1 saturated carbocycles. The Morgan fingerprint density at radius 1 is 1.54 bits per heavy atom. The molecule has 0 aromatic carbocycles. The molecule has 2 atom stereocenters. The standard InChI is InChI=1S/C8H17NO3S/c1-2-7-6-8(7)9-13(11,12)5-3-4-10/h7-10H,2-6H2,1H3. The molecule has 1 aliphatic carbocycles. The molecule has 0 spiro atoms. The first-order valence-electron chi connectivity index (χ1n) is 4.70. The summed E-state index contributed by atoms with van der Waals surface area (Å²) in [5.74, 6) is 0.570. The fraction of sp³-hybridized carbons (Fsp3) is 1.00. The third-order valence-electron chi connectivity index (χ3n) is 2.35. The van der Waals surface area contributed by atoms with E-state index in [1.807, 2.05) is 0 Å². The second kappa shape index (κ2) is 4.39. The van der Waals surface area contributed by atoms with Crippen LogP contribution in [0.5, 0.6) is 0 Å². The molecule has 0 bridgehead atoms. The van der Waals surface area contributed by atoms with Crippen LogP contribution in [0.1, 0.15) is 26.2 Å². The fourth-order valence-electron chi connectivity index (χ4n) is 1.39. The second-order valence-corrected chi connectivity index (χ2v) is 5.40. The highest BCUT2D eigenvalue weighted by Crippen LogP contribution is 2.33. The Hall–Kier alpha value is -0.130. The Kier molecular flexibility index (Phi) is 3.70. The van der Waals surface area contributed by atoms with Crippen LogP contribution in [0, 0.1) is 5.92 Å². The number of aliphatic hydroxyl groups excluding tert-OH is 1. The van der Waals surface area contributed by atoms with Crippen LogP contribution in [0.15, 0.2) is 0 Å². The van der Waals surface area contributed by atoms with Gasteiger partial charge in [0.05, 0.1) is 5.75 Å². The van der Waals surface area contributed by atoms with Crippen LogP contribution >= 0.6 is 0 Å². The summed E-state index contributed by atoms with van der Waals surface area (Å²) in [5.41, 5.74) is 0. The molecule has 0 saturated heterocycles. The maximum Gasteiger partial charge on any atom is 0.211 e. The average molecular weight is 207 g/mol. The topological polar surface area (TPSA) is 66.4 Å². The van der Waals surface area contributed by atoms with E-state index in [4.69, 9.17) is 5.11 Å². The molecule has 4 nitrogen and oxygen atoms in total. The quantitative estimate of drug-likeness (QED) is 0.648. The molecule has 2 N–H and O–H groups in total. The van der Waals surface area contributed by atoms with E-state index < -0.39 is 10.0 Å². The van der Waals surface area contributed by atoms with Crippen LogP contribution in [0.25, 0.3) is 0 Å². The highest BCUT2D eigenvalue weighted by atomic mass is 32.2. The summed E-state index contributed by atoms with van der Waals surface area (Å²) < 4.78 is 25.2. The van der Waals surface area contributed by atoms with E-state index in [1.165, 1.54) is 0 Å². The Labute approximate surface area is 79.4 Å². The predicted octanol–water partition coefficient (Wildman–Crippen LogP) is 0.0867. The van der Waals surface area contributed by atoms with Crippen molar-refractivity contribution < 1.29 is 13.5 Å². The molecule has 0 aromatic rings. The van der Waals surface area contributed by atoms with Gasteiger partial charge in [0.2, 0.25) is 10.0 Å². The lowest BCUT2D eigenvalue weighted by atomic mass is 10.3. The molecule has 78 valence electrons. The van der Waals surface area contributed by atoms with Crippen LogP contribution in [-0.2, 0) is 10.0 Å². The van der Waals surface area contributed by atoms with Crippen molar-refractivity contribution in [2.24, 2.45) is 5.92 Å². The molecular formula is C8H17NO3S. The van der Waals surface area contributed by atoms with E-state index in [0.717, 1.165) is 12.8 Å². The van der Waals surface area contributed by atoms with Gasteiger partial charge in [-0.1, -0.05) is 13.3 Å². The minimum Gasteiger partial charge on any atom is -0.396 e. The van der Waals surface area contributed by atoms with Crippen molar-refractivity contribution in [1.82, 2.24) is 4.72 Å². The Bertz CT molecular complexity index is 250. The van der Waals surface area contributed by atoms with Gasteiger partial charge in [-0.25, -0.2) is 13.1 Å². The summed E-state index contributed by atoms with van der Waals surface area (Å²) in [6.45, 7) is 2.00. The third-order valence-corrected chi connectivity index (χ3v) is 3.84. The summed E-state index contributed by atoms with van der Waals surface area (Å²) in [7, 11) is -3.13. The van der Waals surface area contributed by atoms with Gasteiger partial charge in [-0.3, -0.25) is 0 Å². The lowest BCUT2D eigenvalue weighted by molar-refractivity contribution is 0.295. The van der Waals surface area contributed by atoms with Crippen molar-refractivity contribution in [3.8, 4) is 0 Å². The maximum atomic E-state index is 11.3. The summed E-state index contributed by atoms with van der Waals surface area (Å²) in [6.07, 6.45) is 2.32. The first kappa shape index (κ1) is 10.9. The predicted molar refractivity (Wildman–Crippen MR) is 50.8 cm³/mol. The van der Waals surface area contributed by atoms with Crippen LogP contribution in [0.3, 0.4) is 0 Å². The number of rotatable bonds is 6. The van der Waals surface area contributed by atoms with E-state index in [0.29, 0.717) is 12.3 Å². The number of hydrogen-bond acceptors (Lipinski definition) is 3. The van der Waals surface area contributed by atoms with Crippen molar-refractivity contribution in [2.45, 2.75) is 32.2 Å². The summed E-state index contributed by atoms with van der Waals surface area (Å²) in [5, 5.41) is 8.49. The zero-order valence-corrected chi connectivity index (χ0v) is 8.68. The summed E-state index contributed by atoms with van der Waals surface area (Å²) in [4.78, 5) is 0. The van der Waals surface area contributed by atoms with Crippen LogP contribution < -0.4 is 4.72 Å². The van der Waals surface area contributed by atoms with Gasteiger partial charge in [0.25, 0.3) is 0 Å². The van der Waals surface area contributed by atoms with Gasteiger partial charge in [-0.15, -0.1) is 0 Å². The van der Waals surface area contributed by atoms with Gasteiger partial charge in [0, 0.05) is 12.6 Å². The first-order valence-corrected chi connectivity index (χ1v) is 6.35. The van der Waals surface area contributed by atoms with E-state index in [1.54, 1.807) is 0 Å². The van der Waals surface area contributed by atoms with Crippen LogP contribution in [0.4, 0.5) is 0 Å².